The number of hydrogen-bond acceptors (Lipinski definition) is 2. The Labute approximate surface area is 94.8 Å². The van der Waals surface area contributed by atoms with Crippen molar-refractivity contribution in [3.05, 3.63) is 27.5 Å². The van der Waals surface area contributed by atoms with E-state index < -0.39 is 0 Å². The SMILES string of the molecule is C[C@@H](N)c1nc2c(Br)c(Cl)ccc2[nH]1. The van der Waals surface area contributed by atoms with Crippen molar-refractivity contribution in [2.75, 3.05) is 0 Å². The minimum absolute atomic E-state index is 0.104. The molecule has 0 radical (unpaired) electrons. The zero-order valence-corrected chi connectivity index (χ0v) is 9.85. The fraction of sp³-hybridized carbons (Fsp3) is 0.222. The number of benzene rings is 1. The molecule has 0 amide bonds. The monoisotopic (exact) mass is 273 g/mol. The van der Waals surface area contributed by atoms with Gasteiger partial charge in [0.05, 0.1) is 21.1 Å². The average molecular weight is 275 g/mol. The summed E-state index contributed by atoms with van der Waals surface area (Å²) in [6, 6.07) is 3.60. The van der Waals surface area contributed by atoms with E-state index >= 15 is 0 Å². The van der Waals surface area contributed by atoms with Crippen LogP contribution in [0.4, 0.5) is 0 Å². The van der Waals surface area contributed by atoms with Crippen LogP contribution in [0.1, 0.15) is 18.8 Å². The molecule has 0 saturated heterocycles. The number of aromatic amines is 1. The maximum atomic E-state index is 5.94. The maximum Gasteiger partial charge on any atom is 0.123 e. The summed E-state index contributed by atoms with van der Waals surface area (Å²) in [6.07, 6.45) is 0. The van der Waals surface area contributed by atoms with Gasteiger partial charge in [-0.05, 0) is 35.0 Å². The number of fused-ring (bicyclic) bond motifs is 1. The Balaban J connectivity index is 2.71. The Morgan fingerprint density at radius 3 is 2.93 bits per heavy atom. The lowest BCUT2D eigenvalue weighted by Gasteiger charge is -1.96. The molecule has 1 aromatic carbocycles. The Morgan fingerprint density at radius 2 is 2.29 bits per heavy atom. The molecule has 0 saturated carbocycles. The van der Waals surface area contributed by atoms with E-state index in [1.807, 2.05) is 19.1 Å². The minimum Gasteiger partial charge on any atom is -0.341 e. The van der Waals surface area contributed by atoms with Gasteiger partial charge in [-0.2, -0.15) is 0 Å². The molecule has 0 bridgehead atoms. The molecule has 1 heterocycles. The van der Waals surface area contributed by atoms with Crippen LogP contribution in [0.3, 0.4) is 0 Å². The average Bonchev–Trinajstić information content (AvgIpc) is 2.56. The van der Waals surface area contributed by atoms with Crippen LogP contribution in [0.15, 0.2) is 16.6 Å². The van der Waals surface area contributed by atoms with Crippen molar-refractivity contribution in [2.24, 2.45) is 5.73 Å². The minimum atomic E-state index is -0.104. The van der Waals surface area contributed by atoms with Crippen LogP contribution in [0.2, 0.25) is 5.02 Å². The predicted molar refractivity (Wildman–Crippen MR) is 61.4 cm³/mol. The number of imidazole rings is 1. The molecule has 0 fully saturated rings. The molecule has 14 heavy (non-hydrogen) atoms. The zero-order chi connectivity index (χ0) is 10.3. The van der Waals surface area contributed by atoms with Gasteiger partial charge in [-0.25, -0.2) is 4.98 Å². The lowest BCUT2D eigenvalue weighted by atomic mass is 10.3. The molecule has 0 aliphatic carbocycles. The summed E-state index contributed by atoms with van der Waals surface area (Å²) in [7, 11) is 0. The molecular weight excluding hydrogens is 265 g/mol. The van der Waals surface area contributed by atoms with Gasteiger partial charge in [-0.3, -0.25) is 0 Å². The molecule has 0 aliphatic heterocycles. The van der Waals surface area contributed by atoms with Crippen molar-refractivity contribution in [3.63, 3.8) is 0 Å². The third-order valence-electron chi connectivity index (χ3n) is 2.00. The van der Waals surface area contributed by atoms with Crippen LogP contribution in [0.25, 0.3) is 11.0 Å². The Morgan fingerprint density at radius 1 is 1.57 bits per heavy atom. The van der Waals surface area contributed by atoms with Crippen molar-refractivity contribution < 1.29 is 0 Å². The van der Waals surface area contributed by atoms with Gasteiger partial charge in [0.15, 0.2) is 0 Å². The fourth-order valence-corrected chi connectivity index (χ4v) is 1.84. The number of halogens is 2. The van der Waals surface area contributed by atoms with Crippen molar-refractivity contribution >= 4 is 38.6 Å². The van der Waals surface area contributed by atoms with Gasteiger partial charge < -0.3 is 10.7 Å². The molecule has 3 nitrogen and oxygen atoms in total. The summed E-state index contributed by atoms with van der Waals surface area (Å²) in [4.78, 5) is 7.50. The van der Waals surface area contributed by atoms with E-state index in [2.05, 4.69) is 25.9 Å². The highest BCUT2D eigenvalue weighted by molar-refractivity contribution is 9.10. The van der Waals surface area contributed by atoms with E-state index in [4.69, 9.17) is 17.3 Å². The second kappa shape index (κ2) is 3.53. The van der Waals surface area contributed by atoms with Crippen LogP contribution in [-0.2, 0) is 0 Å². The van der Waals surface area contributed by atoms with Gasteiger partial charge in [0.1, 0.15) is 11.3 Å². The third-order valence-corrected chi connectivity index (χ3v) is 3.34. The fourth-order valence-electron chi connectivity index (χ4n) is 1.25. The number of aromatic nitrogens is 2. The summed E-state index contributed by atoms with van der Waals surface area (Å²) in [5.74, 6) is 0.767. The second-order valence-electron chi connectivity index (χ2n) is 3.17. The van der Waals surface area contributed by atoms with Crippen molar-refractivity contribution in [2.45, 2.75) is 13.0 Å². The van der Waals surface area contributed by atoms with E-state index in [-0.39, 0.29) is 6.04 Å². The lowest BCUT2D eigenvalue weighted by molar-refractivity contribution is 0.760. The third kappa shape index (κ3) is 1.54. The number of H-pyrrole nitrogens is 1. The number of nitrogens with one attached hydrogen (secondary N) is 1. The van der Waals surface area contributed by atoms with Crippen molar-refractivity contribution in [3.8, 4) is 0 Å². The van der Waals surface area contributed by atoms with Gasteiger partial charge in [0, 0.05) is 0 Å². The molecule has 74 valence electrons. The van der Waals surface area contributed by atoms with Gasteiger partial charge >= 0.3 is 0 Å². The van der Waals surface area contributed by atoms with Crippen LogP contribution < -0.4 is 5.73 Å². The molecule has 2 rings (SSSR count). The summed E-state index contributed by atoms with van der Waals surface area (Å²) >= 11 is 9.33. The lowest BCUT2D eigenvalue weighted by Crippen LogP contribution is -2.06. The predicted octanol–water partition coefficient (Wildman–Crippen LogP) is 3.00. The normalized spacial score (nSPS) is 13.4. The molecule has 0 unspecified atom stereocenters. The number of rotatable bonds is 1. The van der Waals surface area contributed by atoms with E-state index in [9.17, 15) is 0 Å². The first-order valence-corrected chi connectivity index (χ1v) is 5.36. The molecule has 1 atom stereocenters. The topological polar surface area (TPSA) is 54.7 Å². The molecule has 0 aliphatic rings. The van der Waals surface area contributed by atoms with Crippen molar-refractivity contribution in [1.82, 2.24) is 9.97 Å². The molecule has 5 heteroatoms. The summed E-state index contributed by atoms with van der Waals surface area (Å²) in [5.41, 5.74) is 7.49. The highest BCUT2D eigenvalue weighted by atomic mass is 79.9. The van der Waals surface area contributed by atoms with Crippen LogP contribution >= 0.6 is 27.5 Å². The number of nitrogens with zero attached hydrogens (tertiary/aromatic N) is 1. The van der Waals surface area contributed by atoms with Crippen LogP contribution in [-0.4, -0.2) is 9.97 Å². The highest BCUT2D eigenvalue weighted by Crippen LogP contribution is 2.30. The first kappa shape index (κ1) is 9.96. The molecular formula is C9H9BrClN3. The second-order valence-corrected chi connectivity index (χ2v) is 4.37. The Hall–Kier alpha value is -0.580. The number of nitrogens with two attached hydrogens (primary N) is 1. The molecule has 1 aromatic heterocycles. The summed E-state index contributed by atoms with van der Waals surface area (Å²) in [5, 5.41) is 0.653. The van der Waals surface area contributed by atoms with Gasteiger partial charge in [0.2, 0.25) is 0 Å². The van der Waals surface area contributed by atoms with Crippen LogP contribution in [0, 0.1) is 0 Å². The molecule has 2 aromatic rings. The Bertz CT molecular complexity index is 478. The first-order valence-electron chi connectivity index (χ1n) is 4.19. The smallest absolute Gasteiger partial charge is 0.123 e. The highest BCUT2D eigenvalue weighted by Gasteiger charge is 2.10. The maximum absolute atomic E-state index is 5.94. The Kier molecular flexibility index (Phi) is 2.51. The van der Waals surface area contributed by atoms with E-state index in [0.29, 0.717) is 5.02 Å². The van der Waals surface area contributed by atoms with Gasteiger partial charge in [-0.15, -0.1) is 0 Å². The molecule has 0 spiro atoms. The molecule has 3 N–H and O–H groups in total. The zero-order valence-electron chi connectivity index (χ0n) is 7.51. The van der Waals surface area contributed by atoms with Gasteiger partial charge in [-0.1, -0.05) is 11.6 Å². The van der Waals surface area contributed by atoms with Crippen molar-refractivity contribution in [1.29, 1.82) is 0 Å². The van der Waals surface area contributed by atoms with Crippen LogP contribution in [0.5, 0.6) is 0 Å². The summed E-state index contributed by atoms with van der Waals surface area (Å²) < 4.78 is 0.805. The first-order chi connectivity index (χ1) is 6.59. The van der Waals surface area contributed by atoms with E-state index in [1.165, 1.54) is 0 Å². The van der Waals surface area contributed by atoms with E-state index in [0.717, 1.165) is 21.3 Å². The quantitative estimate of drug-likeness (QED) is 0.840. The van der Waals surface area contributed by atoms with Gasteiger partial charge in [0.25, 0.3) is 0 Å². The van der Waals surface area contributed by atoms with E-state index in [1.54, 1.807) is 0 Å². The number of hydrogen-bond donors (Lipinski definition) is 2. The summed E-state index contributed by atoms with van der Waals surface area (Å²) in [6.45, 7) is 1.88. The largest absolute Gasteiger partial charge is 0.341 e. The standard InChI is InChI=1S/C9H9BrClN3/c1-4(12)9-13-6-3-2-5(11)7(10)8(6)14-9/h2-4H,12H2,1H3,(H,13,14)/t4-/m1/s1.